The fourth-order valence-corrected chi connectivity index (χ4v) is 2.27. The van der Waals surface area contributed by atoms with E-state index in [2.05, 4.69) is 4.98 Å². The molecule has 1 amide bonds. The summed E-state index contributed by atoms with van der Waals surface area (Å²) >= 11 is 0. The summed E-state index contributed by atoms with van der Waals surface area (Å²) in [6.45, 7) is 0.666. The average Bonchev–Trinajstić information content (AvgIpc) is 3.16. The third kappa shape index (κ3) is 3.28. The smallest absolute Gasteiger partial charge is 0.421 e. The number of amides is 1. The van der Waals surface area contributed by atoms with Crippen molar-refractivity contribution in [2.24, 2.45) is 5.92 Å². The largest absolute Gasteiger partial charge is 0.470 e. The summed E-state index contributed by atoms with van der Waals surface area (Å²) in [7, 11) is 0. The van der Waals surface area contributed by atoms with Crippen molar-refractivity contribution in [2.75, 3.05) is 13.1 Å². The van der Waals surface area contributed by atoms with Crippen molar-refractivity contribution in [3.05, 3.63) is 23.9 Å². The molecule has 1 aromatic heterocycles. The minimum Gasteiger partial charge on any atom is -0.470 e. The normalized spacial score (nSPS) is 19.3. The predicted molar refractivity (Wildman–Crippen MR) is 67.6 cm³/mol. The summed E-state index contributed by atoms with van der Waals surface area (Å²) in [5.74, 6) is 0.156. The molecule has 1 saturated heterocycles. The molecule has 0 atom stereocenters. The van der Waals surface area contributed by atoms with Crippen LogP contribution in [0.2, 0.25) is 0 Å². The maximum absolute atomic E-state index is 12.8. The van der Waals surface area contributed by atoms with Gasteiger partial charge in [-0.15, -0.1) is 0 Å². The van der Waals surface area contributed by atoms with E-state index in [9.17, 15) is 18.0 Å². The lowest BCUT2D eigenvalue weighted by Crippen LogP contribution is -2.56. The van der Waals surface area contributed by atoms with Gasteiger partial charge in [0.15, 0.2) is 0 Å². The molecule has 1 aromatic rings. The number of ether oxygens (including phenoxy) is 1. The van der Waals surface area contributed by atoms with Gasteiger partial charge in [0.2, 0.25) is 11.8 Å². The Morgan fingerprint density at radius 3 is 2.71 bits per heavy atom. The highest BCUT2D eigenvalue weighted by Crippen LogP contribution is 2.36. The number of carbonyl (C=O) groups excluding carboxylic acids is 1. The van der Waals surface area contributed by atoms with E-state index >= 15 is 0 Å². The molecule has 0 aromatic carbocycles. The van der Waals surface area contributed by atoms with Crippen LogP contribution in [0.1, 0.15) is 24.8 Å². The van der Waals surface area contributed by atoms with Gasteiger partial charge >= 0.3 is 6.18 Å². The van der Waals surface area contributed by atoms with Crippen LogP contribution in [-0.2, 0) is 11.0 Å². The molecule has 2 fully saturated rings. The Morgan fingerprint density at radius 2 is 2.10 bits per heavy atom. The summed E-state index contributed by atoms with van der Waals surface area (Å²) in [4.78, 5) is 17.0. The van der Waals surface area contributed by atoms with Gasteiger partial charge in [-0.2, -0.15) is 13.2 Å². The Hall–Kier alpha value is -1.79. The molecular formula is C14H15F3N2O2. The third-order valence-corrected chi connectivity index (χ3v) is 3.72. The first-order valence-corrected chi connectivity index (χ1v) is 6.90. The SMILES string of the molecule is O=C(CC1CC1)N1CC(Oc2ncccc2C(F)(F)F)C1. The molecule has 114 valence electrons. The number of likely N-dealkylation sites (tertiary alicyclic amines) is 1. The van der Waals surface area contributed by atoms with Crippen molar-refractivity contribution in [1.29, 1.82) is 0 Å². The van der Waals surface area contributed by atoms with Gasteiger partial charge in [-0.25, -0.2) is 4.98 Å². The Balaban J connectivity index is 1.56. The highest BCUT2D eigenvalue weighted by molar-refractivity contribution is 5.77. The van der Waals surface area contributed by atoms with Crippen LogP contribution in [0.5, 0.6) is 5.88 Å². The second-order valence-electron chi connectivity index (χ2n) is 5.54. The lowest BCUT2D eigenvalue weighted by Gasteiger charge is -2.39. The molecule has 0 unspecified atom stereocenters. The third-order valence-electron chi connectivity index (χ3n) is 3.72. The number of carbonyl (C=O) groups is 1. The number of alkyl halides is 3. The summed E-state index contributed by atoms with van der Waals surface area (Å²) in [6.07, 6.45) is -0.896. The molecule has 0 spiro atoms. The zero-order valence-corrected chi connectivity index (χ0v) is 11.3. The molecule has 0 radical (unpaired) electrons. The number of hydrogen-bond donors (Lipinski definition) is 0. The van der Waals surface area contributed by atoms with Crippen molar-refractivity contribution in [3.63, 3.8) is 0 Å². The van der Waals surface area contributed by atoms with Crippen molar-refractivity contribution < 1.29 is 22.7 Å². The fourth-order valence-electron chi connectivity index (χ4n) is 2.27. The minimum absolute atomic E-state index is 0.0643. The Kier molecular flexibility index (Phi) is 3.51. The highest BCUT2D eigenvalue weighted by Gasteiger charge is 2.39. The lowest BCUT2D eigenvalue weighted by molar-refractivity contribution is -0.145. The number of halogens is 3. The molecule has 2 aliphatic rings. The van der Waals surface area contributed by atoms with Crippen molar-refractivity contribution >= 4 is 5.91 Å². The molecule has 1 aliphatic carbocycles. The Bertz CT molecular complexity index is 537. The van der Waals surface area contributed by atoms with Crippen LogP contribution in [0, 0.1) is 5.92 Å². The molecule has 1 aliphatic heterocycles. The van der Waals surface area contributed by atoms with Crippen LogP contribution >= 0.6 is 0 Å². The number of hydrogen-bond acceptors (Lipinski definition) is 3. The van der Waals surface area contributed by atoms with Crippen LogP contribution in [-0.4, -0.2) is 35.0 Å². The maximum atomic E-state index is 12.8. The van der Waals surface area contributed by atoms with E-state index in [0.29, 0.717) is 25.4 Å². The summed E-state index contributed by atoms with van der Waals surface area (Å²) in [6, 6.07) is 2.17. The number of nitrogens with zero attached hydrogens (tertiary/aromatic N) is 2. The van der Waals surface area contributed by atoms with Crippen molar-refractivity contribution in [3.8, 4) is 5.88 Å². The zero-order valence-electron chi connectivity index (χ0n) is 11.3. The summed E-state index contributed by atoms with van der Waals surface area (Å²) in [5, 5.41) is 0. The van der Waals surface area contributed by atoms with E-state index < -0.39 is 23.7 Å². The van der Waals surface area contributed by atoms with Gasteiger partial charge in [-0.05, 0) is 30.9 Å². The topological polar surface area (TPSA) is 42.4 Å². The van der Waals surface area contributed by atoms with E-state index in [4.69, 9.17) is 4.74 Å². The van der Waals surface area contributed by atoms with Gasteiger partial charge in [0.25, 0.3) is 0 Å². The van der Waals surface area contributed by atoms with Crippen molar-refractivity contribution in [2.45, 2.75) is 31.5 Å². The van der Waals surface area contributed by atoms with Crippen LogP contribution in [0.3, 0.4) is 0 Å². The second-order valence-corrected chi connectivity index (χ2v) is 5.54. The highest BCUT2D eigenvalue weighted by atomic mass is 19.4. The van der Waals surface area contributed by atoms with Gasteiger partial charge in [0, 0.05) is 12.6 Å². The second kappa shape index (κ2) is 5.20. The minimum atomic E-state index is -4.49. The molecule has 7 heteroatoms. The van der Waals surface area contributed by atoms with Gasteiger partial charge in [-0.3, -0.25) is 4.79 Å². The van der Waals surface area contributed by atoms with E-state index in [1.807, 2.05) is 0 Å². The average molecular weight is 300 g/mol. The van der Waals surface area contributed by atoms with Gasteiger partial charge < -0.3 is 9.64 Å². The first-order chi connectivity index (χ1) is 9.93. The standard InChI is InChI=1S/C14H15F3N2O2/c15-14(16,17)11-2-1-5-18-13(11)21-10-7-19(8-10)12(20)6-9-3-4-9/h1-2,5,9-10H,3-4,6-8H2. The Morgan fingerprint density at radius 1 is 1.38 bits per heavy atom. The molecule has 0 bridgehead atoms. The quantitative estimate of drug-likeness (QED) is 0.858. The van der Waals surface area contributed by atoms with Crippen LogP contribution in [0.25, 0.3) is 0 Å². The first kappa shape index (κ1) is 14.2. The predicted octanol–water partition coefficient (Wildman–Crippen LogP) is 2.49. The molecule has 3 rings (SSSR count). The lowest BCUT2D eigenvalue weighted by atomic mass is 10.1. The molecule has 21 heavy (non-hydrogen) atoms. The van der Waals surface area contributed by atoms with Gasteiger partial charge in [-0.1, -0.05) is 0 Å². The van der Waals surface area contributed by atoms with E-state index in [1.54, 1.807) is 4.90 Å². The van der Waals surface area contributed by atoms with Crippen LogP contribution in [0.15, 0.2) is 18.3 Å². The van der Waals surface area contributed by atoms with Gasteiger partial charge in [0.05, 0.1) is 13.1 Å². The first-order valence-electron chi connectivity index (χ1n) is 6.90. The maximum Gasteiger partial charge on any atom is 0.421 e. The number of rotatable bonds is 4. The fraction of sp³-hybridized carbons (Fsp3) is 0.571. The molecule has 1 saturated carbocycles. The van der Waals surface area contributed by atoms with E-state index in [1.165, 1.54) is 12.3 Å². The zero-order chi connectivity index (χ0) is 15.0. The molecular weight excluding hydrogens is 285 g/mol. The van der Waals surface area contributed by atoms with Gasteiger partial charge in [0.1, 0.15) is 11.7 Å². The van der Waals surface area contributed by atoms with E-state index in [-0.39, 0.29) is 5.91 Å². The number of aromatic nitrogens is 1. The van der Waals surface area contributed by atoms with E-state index in [0.717, 1.165) is 18.9 Å². The molecule has 2 heterocycles. The van der Waals surface area contributed by atoms with Crippen LogP contribution < -0.4 is 4.74 Å². The molecule has 4 nitrogen and oxygen atoms in total. The summed E-state index contributed by atoms with van der Waals surface area (Å²) in [5.41, 5.74) is -0.882. The monoisotopic (exact) mass is 300 g/mol. The van der Waals surface area contributed by atoms with Crippen molar-refractivity contribution in [1.82, 2.24) is 9.88 Å². The number of pyridine rings is 1. The molecule has 0 N–H and O–H groups in total. The van der Waals surface area contributed by atoms with Crippen LogP contribution in [0.4, 0.5) is 13.2 Å². The summed E-state index contributed by atoms with van der Waals surface area (Å²) < 4.78 is 43.7. The Labute approximate surface area is 119 Å².